The number of aliphatic hydroxyl groups excluding tert-OH is 2. The zero-order valence-corrected chi connectivity index (χ0v) is 14.7. The van der Waals surface area contributed by atoms with Crippen LogP contribution in [0.3, 0.4) is 0 Å². The Balaban J connectivity index is 1.68. The standard InChI is InChI=1S/C17H23NO8/c1-17(2)25-14-13(12(11(20)8-19)23-15(14)26-17)24-16(21)18-9-4-6-10(22-3)7-5-9/h4-7,11-15,19-20H,8H2,1-3H3,(H,18,21)/t11-,12-,13-,14-,15-/m1/s1. The van der Waals surface area contributed by atoms with E-state index in [1.165, 1.54) is 0 Å². The second-order valence-electron chi connectivity index (χ2n) is 6.54. The van der Waals surface area contributed by atoms with Gasteiger partial charge in [0.15, 0.2) is 24.3 Å². The molecule has 2 aliphatic heterocycles. The maximum Gasteiger partial charge on any atom is 0.412 e. The van der Waals surface area contributed by atoms with E-state index in [9.17, 15) is 15.0 Å². The van der Waals surface area contributed by atoms with Gasteiger partial charge in [-0.25, -0.2) is 4.79 Å². The summed E-state index contributed by atoms with van der Waals surface area (Å²) in [5.74, 6) is -0.251. The molecule has 0 aliphatic carbocycles. The number of carbonyl (C=O) groups is 1. The van der Waals surface area contributed by atoms with Crippen molar-refractivity contribution >= 4 is 11.8 Å². The number of anilines is 1. The molecule has 2 heterocycles. The third-order valence-electron chi connectivity index (χ3n) is 4.17. The fourth-order valence-electron chi connectivity index (χ4n) is 3.00. The molecule has 0 aromatic heterocycles. The number of fused-ring (bicyclic) bond motifs is 1. The van der Waals surface area contributed by atoms with E-state index in [0.29, 0.717) is 11.4 Å². The van der Waals surface area contributed by atoms with Crippen LogP contribution in [0.1, 0.15) is 13.8 Å². The molecule has 0 bridgehead atoms. The lowest BCUT2D eigenvalue weighted by atomic mass is 10.1. The van der Waals surface area contributed by atoms with Crippen LogP contribution in [0.15, 0.2) is 24.3 Å². The molecule has 144 valence electrons. The Hall–Kier alpha value is -1.91. The maximum atomic E-state index is 12.3. The first kappa shape index (κ1) is 18.9. The first-order valence-corrected chi connectivity index (χ1v) is 8.24. The summed E-state index contributed by atoms with van der Waals surface area (Å²) in [5.41, 5.74) is 0.509. The van der Waals surface area contributed by atoms with Crippen molar-refractivity contribution in [2.45, 2.75) is 50.3 Å². The van der Waals surface area contributed by atoms with Gasteiger partial charge in [-0.15, -0.1) is 0 Å². The number of aliphatic hydroxyl groups is 2. The van der Waals surface area contributed by atoms with Gasteiger partial charge in [0, 0.05) is 5.69 Å². The van der Waals surface area contributed by atoms with Gasteiger partial charge >= 0.3 is 6.09 Å². The van der Waals surface area contributed by atoms with Crippen molar-refractivity contribution < 1.29 is 38.7 Å². The molecule has 1 aromatic rings. The van der Waals surface area contributed by atoms with E-state index in [1.807, 2.05) is 0 Å². The number of hydrogen-bond donors (Lipinski definition) is 3. The lowest BCUT2D eigenvalue weighted by molar-refractivity contribution is -0.227. The fourth-order valence-corrected chi connectivity index (χ4v) is 3.00. The number of ether oxygens (including phenoxy) is 5. The largest absolute Gasteiger partial charge is 0.497 e. The Morgan fingerprint density at radius 3 is 2.62 bits per heavy atom. The van der Waals surface area contributed by atoms with Gasteiger partial charge < -0.3 is 33.9 Å². The lowest BCUT2D eigenvalue weighted by Gasteiger charge is -2.27. The van der Waals surface area contributed by atoms with Gasteiger partial charge in [-0.1, -0.05) is 0 Å². The number of benzene rings is 1. The Bertz CT molecular complexity index is 634. The van der Waals surface area contributed by atoms with Crippen LogP contribution in [0.4, 0.5) is 10.5 Å². The van der Waals surface area contributed by atoms with Gasteiger partial charge in [-0.05, 0) is 38.1 Å². The van der Waals surface area contributed by atoms with Crippen molar-refractivity contribution in [2.24, 2.45) is 0 Å². The Labute approximate surface area is 150 Å². The molecule has 9 heteroatoms. The third-order valence-corrected chi connectivity index (χ3v) is 4.17. The predicted octanol–water partition coefficient (Wildman–Crippen LogP) is 0.842. The highest BCUT2D eigenvalue weighted by Gasteiger charge is 2.58. The van der Waals surface area contributed by atoms with Gasteiger partial charge in [0.25, 0.3) is 0 Å². The van der Waals surface area contributed by atoms with Gasteiger partial charge in [0.1, 0.15) is 18.0 Å². The van der Waals surface area contributed by atoms with E-state index in [1.54, 1.807) is 45.2 Å². The van der Waals surface area contributed by atoms with Crippen molar-refractivity contribution in [1.82, 2.24) is 0 Å². The van der Waals surface area contributed by atoms with Gasteiger partial charge in [-0.3, -0.25) is 5.32 Å². The lowest BCUT2D eigenvalue weighted by Crippen LogP contribution is -2.45. The van der Waals surface area contributed by atoms with Crippen molar-refractivity contribution in [1.29, 1.82) is 0 Å². The van der Waals surface area contributed by atoms with Crippen molar-refractivity contribution in [2.75, 3.05) is 19.0 Å². The Morgan fingerprint density at radius 1 is 1.31 bits per heavy atom. The molecule has 1 amide bonds. The third kappa shape index (κ3) is 3.92. The summed E-state index contributed by atoms with van der Waals surface area (Å²) < 4.78 is 27.4. The van der Waals surface area contributed by atoms with E-state index in [2.05, 4.69) is 5.32 Å². The van der Waals surface area contributed by atoms with Crippen molar-refractivity contribution in [3.63, 3.8) is 0 Å². The number of nitrogens with one attached hydrogen (secondary N) is 1. The van der Waals surface area contributed by atoms with Crippen LogP contribution < -0.4 is 10.1 Å². The summed E-state index contributed by atoms with van der Waals surface area (Å²) in [6.45, 7) is 2.87. The van der Waals surface area contributed by atoms with E-state index in [0.717, 1.165) is 0 Å². The van der Waals surface area contributed by atoms with Crippen LogP contribution in [0.5, 0.6) is 5.75 Å². The smallest absolute Gasteiger partial charge is 0.412 e. The summed E-state index contributed by atoms with van der Waals surface area (Å²) in [6.07, 6.45) is -5.40. The summed E-state index contributed by atoms with van der Waals surface area (Å²) in [6, 6.07) is 6.71. The normalized spacial score (nSPS) is 30.5. The molecule has 0 unspecified atom stereocenters. The van der Waals surface area contributed by atoms with Gasteiger partial charge in [0.05, 0.1) is 13.7 Å². The molecular weight excluding hydrogens is 346 g/mol. The summed E-state index contributed by atoms with van der Waals surface area (Å²) in [7, 11) is 1.55. The highest BCUT2D eigenvalue weighted by molar-refractivity contribution is 5.84. The van der Waals surface area contributed by atoms with Crippen LogP contribution in [0, 0.1) is 0 Å². The number of rotatable bonds is 5. The quantitative estimate of drug-likeness (QED) is 0.699. The van der Waals surface area contributed by atoms with E-state index < -0.39 is 49.2 Å². The highest BCUT2D eigenvalue weighted by atomic mass is 16.8. The zero-order chi connectivity index (χ0) is 18.9. The predicted molar refractivity (Wildman–Crippen MR) is 88.7 cm³/mol. The monoisotopic (exact) mass is 369 g/mol. The van der Waals surface area contributed by atoms with Crippen LogP contribution in [0.25, 0.3) is 0 Å². The van der Waals surface area contributed by atoms with Gasteiger partial charge in [0.2, 0.25) is 0 Å². The van der Waals surface area contributed by atoms with Crippen molar-refractivity contribution in [3.05, 3.63) is 24.3 Å². The molecule has 2 saturated heterocycles. The number of amides is 1. The molecule has 2 fully saturated rings. The van der Waals surface area contributed by atoms with E-state index >= 15 is 0 Å². The first-order valence-electron chi connectivity index (χ1n) is 8.24. The topological polar surface area (TPSA) is 116 Å². The molecule has 0 spiro atoms. The molecule has 0 saturated carbocycles. The molecule has 5 atom stereocenters. The summed E-state index contributed by atoms with van der Waals surface area (Å²) in [4.78, 5) is 12.3. The average molecular weight is 369 g/mol. The Kier molecular flexibility index (Phi) is 5.35. The SMILES string of the molecule is COc1ccc(NC(=O)O[C@H]2[C@H]3OC(C)(C)O[C@H]3O[C@@H]2[C@H](O)CO)cc1. The summed E-state index contributed by atoms with van der Waals surface area (Å²) in [5, 5.41) is 21.8. The number of methoxy groups -OCH3 is 1. The van der Waals surface area contributed by atoms with Gasteiger partial charge in [-0.2, -0.15) is 0 Å². The molecular formula is C17H23NO8. The van der Waals surface area contributed by atoms with Crippen LogP contribution >= 0.6 is 0 Å². The minimum Gasteiger partial charge on any atom is -0.497 e. The van der Waals surface area contributed by atoms with Crippen LogP contribution in [-0.2, 0) is 18.9 Å². The second kappa shape index (κ2) is 7.37. The number of carbonyl (C=O) groups excluding carboxylic acids is 1. The molecule has 1 aromatic carbocycles. The summed E-state index contributed by atoms with van der Waals surface area (Å²) >= 11 is 0. The molecule has 3 rings (SSSR count). The minimum atomic E-state index is -1.24. The molecule has 26 heavy (non-hydrogen) atoms. The first-order chi connectivity index (χ1) is 12.3. The minimum absolute atomic E-state index is 0.509. The van der Waals surface area contributed by atoms with E-state index in [-0.39, 0.29) is 0 Å². The fraction of sp³-hybridized carbons (Fsp3) is 0.588. The average Bonchev–Trinajstić information content (AvgIpc) is 3.07. The second-order valence-corrected chi connectivity index (χ2v) is 6.54. The number of hydrogen-bond acceptors (Lipinski definition) is 8. The molecule has 3 N–H and O–H groups in total. The van der Waals surface area contributed by atoms with Crippen LogP contribution in [0.2, 0.25) is 0 Å². The van der Waals surface area contributed by atoms with Crippen LogP contribution in [-0.4, -0.2) is 66.5 Å². The maximum absolute atomic E-state index is 12.3. The van der Waals surface area contributed by atoms with Crippen molar-refractivity contribution in [3.8, 4) is 5.75 Å². The molecule has 0 radical (unpaired) electrons. The zero-order valence-electron chi connectivity index (χ0n) is 14.7. The Morgan fingerprint density at radius 2 is 2.00 bits per heavy atom. The molecule has 2 aliphatic rings. The highest BCUT2D eigenvalue weighted by Crippen LogP contribution is 2.39. The van der Waals surface area contributed by atoms with E-state index in [4.69, 9.17) is 23.7 Å². The molecule has 9 nitrogen and oxygen atoms in total.